The summed E-state index contributed by atoms with van der Waals surface area (Å²) in [5.41, 5.74) is 13.6. The van der Waals surface area contributed by atoms with E-state index >= 15 is 0 Å². The number of aryl methyl sites for hydroxylation is 2. The lowest BCUT2D eigenvalue weighted by Crippen LogP contribution is -2.29. The van der Waals surface area contributed by atoms with Crippen molar-refractivity contribution in [3.63, 3.8) is 0 Å². The van der Waals surface area contributed by atoms with E-state index in [1.165, 1.54) is 93.2 Å². The van der Waals surface area contributed by atoms with Crippen molar-refractivity contribution >= 4 is 59.8 Å². The zero-order valence-electron chi connectivity index (χ0n) is 27.2. The highest BCUT2D eigenvalue weighted by Gasteiger charge is 2.27. The first kappa shape index (κ1) is 27.1. The van der Waals surface area contributed by atoms with Crippen molar-refractivity contribution in [3.8, 4) is 11.1 Å². The van der Waals surface area contributed by atoms with E-state index in [1.807, 2.05) is 0 Å². The second kappa shape index (κ2) is 9.53. The minimum absolute atomic E-state index is 0.422. The van der Waals surface area contributed by atoms with Crippen molar-refractivity contribution in [2.45, 2.75) is 66.2 Å². The second-order valence-electron chi connectivity index (χ2n) is 13.9. The van der Waals surface area contributed by atoms with Crippen LogP contribution in [0.25, 0.3) is 70.9 Å². The van der Waals surface area contributed by atoms with Gasteiger partial charge in [0.25, 0.3) is 0 Å². The number of hydrogen-bond donors (Lipinski definition) is 0. The average Bonchev–Trinajstić information content (AvgIpc) is 3.36. The van der Waals surface area contributed by atoms with Crippen molar-refractivity contribution in [1.82, 2.24) is 4.40 Å². The predicted octanol–water partition coefficient (Wildman–Crippen LogP) is 11.3. The fourth-order valence-corrected chi connectivity index (χ4v) is 8.02. The molecule has 0 radical (unpaired) electrons. The molecule has 2 nitrogen and oxygen atoms in total. The van der Waals surface area contributed by atoms with E-state index < -0.39 is 0 Å². The zero-order valence-corrected chi connectivity index (χ0v) is 27.2. The summed E-state index contributed by atoms with van der Waals surface area (Å²) in [7, 11) is 2.21. The van der Waals surface area contributed by atoms with Crippen LogP contribution in [-0.4, -0.2) is 4.40 Å². The van der Waals surface area contributed by atoms with Gasteiger partial charge < -0.3 is 4.40 Å². The molecule has 8 aromatic rings. The van der Waals surface area contributed by atoms with Crippen LogP contribution < -0.4 is 4.57 Å². The van der Waals surface area contributed by atoms with Gasteiger partial charge in [-0.15, -0.1) is 0 Å². The van der Waals surface area contributed by atoms with Gasteiger partial charge in [-0.2, -0.15) is 0 Å². The molecular formula is C42H41N2+. The zero-order chi connectivity index (χ0) is 30.6. The molecule has 5 aromatic carbocycles. The highest BCUT2D eigenvalue weighted by atomic mass is 15.0. The highest BCUT2D eigenvalue weighted by molar-refractivity contribution is 6.33. The maximum Gasteiger partial charge on any atom is 0.224 e. The summed E-state index contributed by atoms with van der Waals surface area (Å²) in [6.45, 7) is 16.4. The highest BCUT2D eigenvalue weighted by Crippen LogP contribution is 2.47. The van der Waals surface area contributed by atoms with Gasteiger partial charge in [0.2, 0.25) is 5.52 Å². The van der Waals surface area contributed by atoms with Crippen LogP contribution in [0, 0.1) is 6.92 Å². The fourth-order valence-electron chi connectivity index (χ4n) is 8.02. The molecule has 0 aliphatic heterocycles. The standard InChI is InChI=1S/C42H41N2/c1-23(2)28-20-33(24(3)4)38(34(21-28)25(5)6)29-19-27-17-18-43(8)41-37-26(7)30-13-9-10-14-31(30)40-32-15-11-12-16-35(32)44(42(37)40)36(22-29)39(27)41/h9-25H,1-8H3/q+1. The Morgan fingerprint density at radius 2 is 1.25 bits per heavy atom. The van der Waals surface area contributed by atoms with Crippen LogP contribution in [0.5, 0.6) is 0 Å². The van der Waals surface area contributed by atoms with Gasteiger partial charge >= 0.3 is 0 Å². The quantitative estimate of drug-likeness (QED) is 0.112. The van der Waals surface area contributed by atoms with Crippen molar-refractivity contribution in [2.75, 3.05) is 0 Å². The van der Waals surface area contributed by atoms with Crippen molar-refractivity contribution < 1.29 is 4.57 Å². The molecular weight excluding hydrogens is 532 g/mol. The van der Waals surface area contributed by atoms with E-state index in [4.69, 9.17) is 0 Å². The van der Waals surface area contributed by atoms with Gasteiger partial charge in [-0.3, -0.25) is 0 Å². The molecule has 0 saturated carbocycles. The molecule has 3 aromatic heterocycles. The second-order valence-corrected chi connectivity index (χ2v) is 13.9. The van der Waals surface area contributed by atoms with Crippen LogP contribution in [0.3, 0.4) is 0 Å². The topological polar surface area (TPSA) is 8.29 Å². The van der Waals surface area contributed by atoms with Crippen LogP contribution in [0.15, 0.2) is 85.1 Å². The lowest BCUT2D eigenvalue weighted by atomic mass is 9.81. The van der Waals surface area contributed by atoms with Crippen LogP contribution in [0.4, 0.5) is 0 Å². The Morgan fingerprint density at radius 3 is 1.91 bits per heavy atom. The molecule has 44 heavy (non-hydrogen) atoms. The van der Waals surface area contributed by atoms with E-state index in [1.54, 1.807) is 0 Å². The van der Waals surface area contributed by atoms with E-state index in [2.05, 4.69) is 150 Å². The van der Waals surface area contributed by atoms with Crippen molar-refractivity contribution in [2.24, 2.45) is 7.05 Å². The number of hydrogen-bond acceptors (Lipinski definition) is 0. The molecule has 0 aliphatic carbocycles. The molecule has 0 saturated heterocycles. The third kappa shape index (κ3) is 3.57. The van der Waals surface area contributed by atoms with E-state index in [0.29, 0.717) is 17.8 Å². The molecule has 0 N–H and O–H groups in total. The molecule has 0 aliphatic rings. The third-order valence-corrected chi connectivity index (χ3v) is 10.2. The molecule has 3 heterocycles. The number of fused-ring (bicyclic) bond motifs is 7. The first-order chi connectivity index (χ1) is 21.2. The number of aromatic nitrogens is 2. The number of benzene rings is 5. The summed E-state index contributed by atoms with van der Waals surface area (Å²) in [4.78, 5) is 0. The SMILES string of the molecule is Cc1c2ccccc2c2c3ccccc3n3c4cc(-c5c(C(C)C)cc(C(C)C)cc5C(C)C)cc5cc[n+](C)c(c1c23)c54. The minimum atomic E-state index is 0.422. The van der Waals surface area contributed by atoms with Crippen LogP contribution in [0.1, 0.15) is 81.5 Å². The summed E-state index contributed by atoms with van der Waals surface area (Å²) in [6.07, 6.45) is 2.26. The molecule has 8 rings (SSSR count). The number of nitrogens with zero attached hydrogens (tertiary/aromatic N) is 2. The Bertz CT molecular complexity index is 2410. The third-order valence-electron chi connectivity index (χ3n) is 10.2. The van der Waals surface area contributed by atoms with Crippen LogP contribution in [-0.2, 0) is 7.05 Å². The summed E-state index contributed by atoms with van der Waals surface area (Å²) in [6, 6.07) is 30.3. The molecule has 0 spiro atoms. The Hall–Kier alpha value is -4.43. The van der Waals surface area contributed by atoms with E-state index in [-0.39, 0.29) is 0 Å². The summed E-state index contributed by atoms with van der Waals surface area (Å²) >= 11 is 0. The molecule has 218 valence electrons. The average molecular weight is 574 g/mol. The maximum atomic E-state index is 2.59. The normalized spacial score (nSPS) is 12.7. The van der Waals surface area contributed by atoms with E-state index in [0.717, 1.165) is 0 Å². The van der Waals surface area contributed by atoms with E-state index in [9.17, 15) is 0 Å². The monoisotopic (exact) mass is 573 g/mol. The molecule has 0 atom stereocenters. The van der Waals surface area contributed by atoms with Crippen LogP contribution in [0.2, 0.25) is 0 Å². The van der Waals surface area contributed by atoms with Gasteiger partial charge in [-0.05, 0) is 92.4 Å². The molecule has 0 amide bonds. The van der Waals surface area contributed by atoms with Gasteiger partial charge in [-0.25, -0.2) is 4.57 Å². The van der Waals surface area contributed by atoms with Gasteiger partial charge in [-0.1, -0.05) is 96.1 Å². The summed E-state index contributed by atoms with van der Waals surface area (Å²) < 4.78 is 4.94. The Balaban J connectivity index is 1.65. The Kier molecular flexibility index (Phi) is 5.88. The summed E-state index contributed by atoms with van der Waals surface area (Å²) in [5, 5.41) is 9.34. The number of para-hydroxylation sites is 1. The first-order valence-electron chi connectivity index (χ1n) is 16.3. The van der Waals surface area contributed by atoms with Gasteiger partial charge in [0.15, 0.2) is 6.20 Å². The van der Waals surface area contributed by atoms with Crippen molar-refractivity contribution in [3.05, 3.63) is 107 Å². The van der Waals surface area contributed by atoms with Crippen molar-refractivity contribution in [1.29, 1.82) is 0 Å². The summed E-state index contributed by atoms with van der Waals surface area (Å²) in [5.74, 6) is 1.34. The molecule has 0 bridgehead atoms. The predicted molar refractivity (Wildman–Crippen MR) is 190 cm³/mol. The lowest BCUT2D eigenvalue weighted by Gasteiger charge is -2.24. The smallest absolute Gasteiger partial charge is 0.224 e. The largest absolute Gasteiger partial charge is 0.307 e. The van der Waals surface area contributed by atoms with Gasteiger partial charge in [0, 0.05) is 16.8 Å². The molecule has 2 heteroatoms. The number of pyridine rings is 2. The molecule has 0 unspecified atom stereocenters. The van der Waals surface area contributed by atoms with Crippen LogP contribution >= 0.6 is 0 Å². The lowest BCUT2D eigenvalue weighted by molar-refractivity contribution is -0.643. The first-order valence-corrected chi connectivity index (χ1v) is 16.3. The minimum Gasteiger partial charge on any atom is -0.307 e. The van der Waals surface area contributed by atoms with Gasteiger partial charge in [0.1, 0.15) is 7.05 Å². The Morgan fingerprint density at radius 1 is 0.614 bits per heavy atom. The maximum absolute atomic E-state index is 2.59. The Labute approximate surface area is 259 Å². The van der Waals surface area contributed by atoms with Gasteiger partial charge in [0.05, 0.1) is 27.3 Å². The fraction of sp³-hybridized carbons (Fsp3) is 0.262. The number of rotatable bonds is 4. The molecule has 0 fully saturated rings.